The summed E-state index contributed by atoms with van der Waals surface area (Å²) in [7, 11) is -0.351. The van der Waals surface area contributed by atoms with Crippen LogP contribution < -0.4 is 0 Å². The minimum absolute atomic E-state index is 0.309. The largest absolute Gasteiger partial charge is 0.486 e. The summed E-state index contributed by atoms with van der Waals surface area (Å²) < 4.78 is 11.6. The van der Waals surface area contributed by atoms with Crippen LogP contribution >= 0.6 is 0 Å². The standard InChI is InChI=1S/C13H25BO3/c1-6-7-8-11(15)9-10-14-16-12(2,3)13(4,5)17-14/h9-11,15H,6-8H2,1-5H3/b10-9+. The minimum atomic E-state index is -0.394. The van der Waals surface area contributed by atoms with Gasteiger partial charge in [-0.15, -0.1) is 0 Å². The van der Waals surface area contributed by atoms with Gasteiger partial charge in [-0.2, -0.15) is 0 Å². The van der Waals surface area contributed by atoms with E-state index in [1.165, 1.54) is 0 Å². The number of aliphatic hydroxyl groups is 1. The number of rotatable bonds is 5. The van der Waals surface area contributed by atoms with E-state index in [1.54, 1.807) is 6.08 Å². The molecule has 1 aliphatic rings. The van der Waals surface area contributed by atoms with Gasteiger partial charge in [0.2, 0.25) is 0 Å². The Morgan fingerprint density at radius 2 is 1.71 bits per heavy atom. The maximum atomic E-state index is 9.70. The second-order valence-corrected chi connectivity index (χ2v) is 5.72. The fraction of sp³-hybridized carbons (Fsp3) is 0.846. The quantitative estimate of drug-likeness (QED) is 0.751. The van der Waals surface area contributed by atoms with Crippen molar-refractivity contribution in [2.24, 2.45) is 0 Å². The fourth-order valence-corrected chi connectivity index (χ4v) is 1.70. The van der Waals surface area contributed by atoms with Gasteiger partial charge in [0.1, 0.15) is 0 Å². The molecule has 17 heavy (non-hydrogen) atoms. The lowest BCUT2D eigenvalue weighted by atomic mass is 9.89. The second kappa shape index (κ2) is 5.55. The van der Waals surface area contributed by atoms with Gasteiger partial charge in [-0.1, -0.05) is 31.8 Å². The SMILES string of the molecule is CCCCC(O)/C=C/B1OC(C)(C)C(C)(C)O1. The summed E-state index contributed by atoms with van der Waals surface area (Å²) in [6.07, 6.45) is 4.31. The molecular weight excluding hydrogens is 215 g/mol. The first-order chi connectivity index (χ1) is 7.78. The van der Waals surface area contributed by atoms with E-state index >= 15 is 0 Å². The summed E-state index contributed by atoms with van der Waals surface area (Å²) in [6.45, 7) is 10.2. The van der Waals surface area contributed by atoms with Crippen LogP contribution in [0.25, 0.3) is 0 Å². The van der Waals surface area contributed by atoms with Crippen molar-refractivity contribution in [3.05, 3.63) is 12.1 Å². The predicted molar refractivity (Wildman–Crippen MR) is 70.8 cm³/mol. The Hall–Kier alpha value is -0.315. The van der Waals surface area contributed by atoms with Crippen LogP contribution in [0.15, 0.2) is 12.1 Å². The first-order valence-electron chi connectivity index (χ1n) is 6.50. The van der Waals surface area contributed by atoms with Crippen molar-refractivity contribution in [3.63, 3.8) is 0 Å². The third kappa shape index (κ3) is 3.83. The summed E-state index contributed by atoms with van der Waals surface area (Å²) in [5.41, 5.74) is -0.618. The van der Waals surface area contributed by atoms with Crippen LogP contribution in [0.5, 0.6) is 0 Å². The molecule has 1 heterocycles. The van der Waals surface area contributed by atoms with E-state index < -0.39 is 6.10 Å². The Balaban J connectivity index is 2.47. The third-order valence-corrected chi connectivity index (χ3v) is 3.62. The van der Waals surface area contributed by atoms with Crippen LogP contribution in [-0.2, 0) is 9.31 Å². The summed E-state index contributed by atoms with van der Waals surface area (Å²) >= 11 is 0. The van der Waals surface area contributed by atoms with Crippen LogP contribution in [0.4, 0.5) is 0 Å². The van der Waals surface area contributed by atoms with Gasteiger partial charge in [-0.05, 0) is 34.1 Å². The zero-order valence-corrected chi connectivity index (χ0v) is 11.7. The summed E-state index contributed by atoms with van der Waals surface area (Å²) in [4.78, 5) is 0. The maximum absolute atomic E-state index is 9.70. The lowest BCUT2D eigenvalue weighted by Crippen LogP contribution is -2.41. The lowest BCUT2D eigenvalue weighted by Gasteiger charge is -2.32. The van der Waals surface area contributed by atoms with Gasteiger partial charge in [-0.25, -0.2) is 0 Å². The Morgan fingerprint density at radius 1 is 1.18 bits per heavy atom. The number of hydrogen-bond donors (Lipinski definition) is 1. The normalized spacial score (nSPS) is 24.5. The monoisotopic (exact) mass is 240 g/mol. The molecule has 4 heteroatoms. The smallest absolute Gasteiger partial charge is 0.400 e. The molecule has 1 N–H and O–H groups in total. The summed E-state index contributed by atoms with van der Waals surface area (Å²) in [5, 5.41) is 9.70. The molecule has 0 aromatic heterocycles. The Labute approximate surface area is 105 Å². The molecule has 0 aromatic rings. The molecule has 0 amide bonds. The fourth-order valence-electron chi connectivity index (χ4n) is 1.70. The Bertz CT molecular complexity index is 258. The summed E-state index contributed by atoms with van der Waals surface area (Å²) in [5.74, 6) is 1.82. The molecule has 1 atom stereocenters. The Kier molecular flexibility index (Phi) is 4.81. The third-order valence-electron chi connectivity index (χ3n) is 3.62. The van der Waals surface area contributed by atoms with Crippen molar-refractivity contribution in [2.75, 3.05) is 0 Å². The molecule has 0 radical (unpaired) electrons. The zero-order valence-electron chi connectivity index (χ0n) is 11.7. The molecule has 0 bridgehead atoms. The molecule has 0 spiro atoms. The highest BCUT2D eigenvalue weighted by molar-refractivity contribution is 6.51. The van der Waals surface area contributed by atoms with E-state index in [-0.39, 0.29) is 18.3 Å². The van der Waals surface area contributed by atoms with Crippen LogP contribution in [0.2, 0.25) is 0 Å². The van der Waals surface area contributed by atoms with Crippen molar-refractivity contribution in [3.8, 4) is 0 Å². The second-order valence-electron chi connectivity index (χ2n) is 5.72. The molecular formula is C13H25BO3. The number of unbranched alkanes of at least 4 members (excludes halogenated alkanes) is 1. The van der Waals surface area contributed by atoms with Crippen LogP contribution in [0, 0.1) is 0 Å². The average Bonchev–Trinajstić information content (AvgIpc) is 2.41. The van der Waals surface area contributed by atoms with Gasteiger partial charge in [0.25, 0.3) is 0 Å². The van der Waals surface area contributed by atoms with Gasteiger partial charge in [-0.3, -0.25) is 0 Å². The van der Waals surface area contributed by atoms with Crippen molar-refractivity contribution in [2.45, 2.75) is 71.2 Å². The van der Waals surface area contributed by atoms with Crippen LogP contribution in [0.3, 0.4) is 0 Å². The van der Waals surface area contributed by atoms with E-state index in [4.69, 9.17) is 9.31 Å². The zero-order chi connectivity index (χ0) is 13.1. The van der Waals surface area contributed by atoms with Gasteiger partial charge in [0, 0.05) is 0 Å². The molecule has 0 aromatic carbocycles. The van der Waals surface area contributed by atoms with E-state index in [0.29, 0.717) is 0 Å². The van der Waals surface area contributed by atoms with Crippen LogP contribution in [0.1, 0.15) is 53.9 Å². The molecule has 0 saturated carbocycles. The first kappa shape index (κ1) is 14.7. The highest BCUT2D eigenvalue weighted by Crippen LogP contribution is 2.36. The molecule has 3 nitrogen and oxygen atoms in total. The molecule has 1 unspecified atom stereocenters. The van der Waals surface area contributed by atoms with E-state index in [9.17, 15) is 5.11 Å². The number of aliphatic hydroxyl groups excluding tert-OH is 1. The molecule has 0 aliphatic carbocycles. The molecule has 1 fully saturated rings. The van der Waals surface area contributed by atoms with Crippen molar-refractivity contribution in [1.82, 2.24) is 0 Å². The Morgan fingerprint density at radius 3 is 2.18 bits per heavy atom. The number of hydrogen-bond acceptors (Lipinski definition) is 3. The van der Waals surface area contributed by atoms with Crippen molar-refractivity contribution < 1.29 is 14.4 Å². The predicted octanol–water partition coefficient (Wildman–Crippen LogP) is 2.73. The van der Waals surface area contributed by atoms with Gasteiger partial charge in [0.15, 0.2) is 0 Å². The minimum Gasteiger partial charge on any atom is -0.400 e. The van der Waals surface area contributed by atoms with Gasteiger partial charge >= 0.3 is 7.12 Å². The van der Waals surface area contributed by atoms with Gasteiger partial charge < -0.3 is 14.4 Å². The van der Waals surface area contributed by atoms with E-state index in [1.807, 2.05) is 33.7 Å². The van der Waals surface area contributed by atoms with Gasteiger partial charge in [0.05, 0.1) is 17.3 Å². The molecule has 98 valence electrons. The highest BCUT2D eigenvalue weighted by atomic mass is 16.7. The van der Waals surface area contributed by atoms with Crippen LogP contribution in [-0.4, -0.2) is 29.5 Å². The summed E-state index contributed by atoms with van der Waals surface area (Å²) in [6, 6.07) is 0. The van der Waals surface area contributed by atoms with Crippen molar-refractivity contribution in [1.29, 1.82) is 0 Å². The molecule has 1 saturated heterocycles. The highest BCUT2D eigenvalue weighted by Gasteiger charge is 2.49. The maximum Gasteiger partial charge on any atom is 0.486 e. The van der Waals surface area contributed by atoms with Crippen molar-refractivity contribution >= 4 is 7.12 Å². The average molecular weight is 240 g/mol. The van der Waals surface area contributed by atoms with E-state index in [0.717, 1.165) is 19.3 Å². The topological polar surface area (TPSA) is 38.7 Å². The molecule has 1 rings (SSSR count). The first-order valence-corrected chi connectivity index (χ1v) is 6.50. The lowest BCUT2D eigenvalue weighted by molar-refractivity contribution is 0.00578. The van der Waals surface area contributed by atoms with E-state index in [2.05, 4.69) is 6.92 Å². The molecule has 1 aliphatic heterocycles.